The summed E-state index contributed by atoms with van der Waals surface area (Å²) in [7, 11) is 1.35. The Morgan fingerprint density at radius 1 is 1.16 bits per heavy atom. The molecule has 0 aliphatic heterocycles. The monoisotopic (exact) mass is 265 g/mol. The van der Waals surface area contributed by atoms with Gasteiger partial charge in [-0.2, -0.15) is 0 Å². The molecular weight excluding hydrogens is 252 g/mol. The lowest BCUT2D eigenvalue weighted by atomic mass is 9.89. The molecule has 1 aromatic carbocycles. The van der Waals surface area contributed by atoms with Crippen molar-refractivity contribution >= 4 is 0 Å². The van der Waals surface area contributed by atoms with Gasteiger partial charge in [-0.15, -0.1) is 0 Å². The first kappa shape index (κ1) is 13.4. The van der Waals surface area contributed by atoms with Gasteiger partial charge in [0, 0.05) is 11.8 Å². The van der Waals surface area contributed by atoms with E-state index >= 15 is 0 Å². The maximum Gasteiger partial charge on any atom is 0.165 e. The highest BCUT2D eigenvalue weighted by molar-refractivity contribution is 5.38. The number of methoxy groups -OCH3 is 1. The minimum Gasteiger partial charge on any atom is -0.494 e. The van der Waals surface area contributed by atoms with E-state index in [1.807, 2.05) is 0 Å². The fourth-order valence-electron chi connectivity index (χ4n) is 1.81. The van der Waals surface area contributed by atoms with Crippen LogP contribution in [-0.2, 0) is 5.60 Å². The van der Waals surface area contributed by atoms with Crippen LogP contribution in [0.2, 0.25) is 0 Å². The molecule has 0 saturated carbocycles. The summed E-state index contributed by atoms with van der Waals surface area (Å²) in [6.45, 7) is 1.45. The smallest absolute Gasteiger partial charge is 0.165 e. The number of halogens is 2. The molecule has 3 nitrogen and oxygen atoms in total. The lowest BCUT2D eigenvalue weighted by Crippen LogP contribution is -2.23. The summed E-state index contributed by atoms with van der Waals surface area (Å²) < 4.78 is 31.6. The molecule has 0 fully saturated rings. The van der Waals surface area contributed by atoms with Crippen LogP contribution >= 0.6 is 0 Å². The molecule has 0 aliphatic rings. The van der Waals surface area contributed by atoms with Crippen molar-refractivity contribution in [3.8, 4) is 5.75 Å². The fourth-order valence-corrected chi connectivity index (χ4v) is 1.81. The van der Waals surface area contributed by atoms with Crippen LogP contribution in [-0.4, -0.2) is 17.2 Å². The summed E-state index contributed by atoms with van der Waals surface area (Å²) in [6, 6.07) is 5.25. The van der Waals surface area contributed by atoms with Crippen LogP contribution in [0.15, 0.2) is 36.7 Å². The maximum absolute atomic E-state index is 13.6. The molecule has 1 heterocycles. The molecule has 0 bridgehead atoms. The Kier molecular flexibility index (Phi) is 3.48. The molecule has 0 radical (unpaired) electrons. The van der Waals surface area contributed by atoms with Crippen molar-refractivity contribution < 1.29 is 18.6 Å². The topological polar surface area (TPSA) is 42.4 Å². The zero-order valence-corrected chi connectivity index (χ0v) is 10.5. The van der Waals surface area contributed by atoms with Gasteiger partial charge in [0.15, 0.2) is 11.6 Å². The van der Waals surface area contributed by atoms with E-state index in [4.69, 9.17) is 4.74 Å². The van der Waals surface area contributed by atoms with Crippen molar-refractivity contribution in [2.24, 2.45) is 0 Å². The van der Waals surface area contributed by atoms with Gasteiger partial charge in [-0.1, -0.05) is 6.07 Å². The highest BCUT2D eigenvalue weighted by Gasteiger charge is 2.27. The summed E-state index contributed by atoms with van der Waals surface area (Å²) in [4.78, 5) is 3.68. The number of aliphatic hydroxyl groups is 1. The number of nitrogens with zero attached hydrogens (tertiary/aromatic N) is 1. The molecule has 2 aromatic rings. The van der Waals surface area contributed by atoms with Gasteiger partial charge in [0.05, 0.1) is 13.3 Å². The standard InChI is InChI=1S/C14H13F2NO2/c1-14(18,10-5-11(15)8-17-7-10)9-3-4-13(19-2)12(16)6-9/h3-8,18H,1-2H3. The van der Waals surface area contributed by atoms with E-state index in [2.05, 4.69) is 4.98 Å². The zero-order chi connectivity index (χ0) is 14.0. The van der Waals surface area contributed by atoms with Crippen LogP contribution in [0, 0.1) is 11.6 Å². The Bertz CT molecular complexity index is 600. The van der Waals surface area contributed by atoms with Gasteiger partial charge in [0.1, 0.15) is 11.4 Å². The van der Waals surface area contributed by atoms with Gasteiger partial charge in [0.25, 0.3) is 0 Å². The Labute approximate surface area is 109 Å². The van der Waals surface area contributed by atoms with Gasteiger partial charge < -0.3 is 9.84 Å². The highest BCUT2D eigenvalue weighted by Crippen LogP contribution is 2.31. The Hall–Kier alpha value is -2.01. The van der Waals surface area contributed by atoms with Gasteiger partial charge in [-0.3, -0.25) is 4.98 Å². The van der Waals surface area contributed by atoms with Crippen LogP contribution < -0.4 is 4.74 Å². The van der Waals surface area contributed by atoms with E-state index in [1.54, 1.807) is 0 Å². The van der Waals surface area contributed by atoms with E-state index in [-0.39, 0.29) is 11.3 Å². The first-order chi connectivity index (χ1) is 8.95. The number of aromatic nitrogens is 1. The average Bonchev–Trinajstić information content (AvgIpc) is 2.38. The summed E-state index contributed by atoms with van der Waals surface area (Å²) in [5, 5.41) is 10.5. The first-order valence-electron chi connectivity index (χ1n) is 5.62. The summed E-state index contributed by atoms with van der Waals surface area (Å²) >= 11 is 0. The van der Waals surface area contributed by atoms with E-state index in [0.29, 0.717) is 5.56 Å². The molecular formula is C14H13F2NO2. The van der Waals surface area contributed by atoms with E-state index in [9.17, 15) is 13.9 Å². The molecule has 1 N–H and O–H groups in total. The molecule has 1 atom stereocenters. The van der Waals surface area contributed by atoms with E-state index < -0.39 is 17.2 Å². The summed E-state index contributed by atoms with van der Waals surface area (Å²) in [5.41, 5.74) is -1.00. The number of pyridine rings is 1. The second kappa shape index (κ2) is 4.93. The minimum absolute atomic E-state index is 0.0805. The molecule has 0 aliphatic carbocycles. The number of ether oxygens (including phenoxy) is 1. The second-order valence-corrected chi connectivity index (χ2v) is 4.31. The van der Waals surface area contributed by atoms with Crippen molar-refractivity contribution in [2.75, 3.05) is 7.11 Å². The van der Waals surface area contributed by atoms with Gasteiger partial charge in [0.2, 0.25) is 0 Å². The minimum atomic E-state index is -1.54. The van der Waals surface area contributed by atoms with Gasteiger partial charge >= 0.3 is 0 Å². The Morgan fingerprint density at radius 3 is 2.47 bits per heavy atom. The normalized spacial score (nSPS) is 13.9. The van der Waals surface area contributed by atoms with Gasteiger partial charge in [-0.25, -0.2) is 8.78 Å². The van der Waals surface area contributed by atoms with Crippen LogP contribution in [0.25, 0.3) is 0 Å². The summed E-state index contributed by atoms with van der Waals surface area (Å²) in [6.07, 6.45) is 2.37. The first-order valence-corrected chi connectivity index (χ1v) is 5.62. The molecule has 0 saturated heterocycles. The molecule has 19 heavy (non-hydrogen) atoms. The molecule has 5 heteroatoms. The van der Waals surface area contributed by atoms with Gasteiger partial charge in [-0.05, 0) is 30.7 Å². The van der Waals surface area contributed by atoms with E-state index in [0.717, 1.165) is 18.3 Å². The van der Waals surface area contributed by atoms with Crippen molar-refractivity contribution in [1.82, 2.24) is 4.98 Å². The van der Waals surface area contributed by atoms with E-state index in [1.165, 1.54) is 32.4 Å². The number of hydrogen-bond acceptors (Lipinski definition) is 3. The second-order valence-electron chi connectivity index (χ2n) is 4.31. The third-order valence-corrected chi connectivity index (χ3v) is 2.98. The zero-order valence-electron chi connectivity index (χ0n) is 10.5. The highest BCUT2D eigenvalue weighted by atomic mass is 19.1. The fraction of sp³-hybridized carbons (Fsp3) is 0.214. The lowest BCUT2D eigenvalue weighted by Gasteiger charge is -2.24. The number of rotatable bonds is 3. The number of benzene rings is 1. The predicted molar refractivity (Wildman–Crippen MR) is 65.8 cm³/mol. The van der Waals surface area contributed by atoms with Crippen LogP contribution in [0.3, 0.4) is 0 Å². The molecule has 0 spiro atoms. The molecule has 1 aromatic heterocycles. The quantitative estimate of drug-likeness (QED) is 0.927. The van der Waals surface area contributed by atoms with Crippen LogP contribution in [0.5, 0.6) is 5.75 Å². The van der Waals surface area contributed by atoms with Crippen molar-refractivity contribution in [2.45, 2.75) is 12.5 Å². The number of hydrogen-bond donors (Lipinski definition) is 1. The average molecular weight is 265 g/mol. The molecule has 0 amide bonds. The van der Waals surface area contributed by atoms with Crippen LogP contribution in [0.4, 0.5) is 8.78 Å². The lowest BCUT2D eigenvalue weighted by molar-refractivity contribution is 0.101. The maximum atomic E-state index is 13.6. The molecule has 100 valence electrons. The Balaban J connectivity index is 2.47. The third kappa shape index (κ3) is 2.56. The van der Waals surface area contributed by atoms with Crippen LogP contribution in [0.1, 0.15) is 18.1 Å². The Morgan fingerprint density at radius 2 is 1.89 bits per heavy atom. The molecule has 2 rings (SSSR count). The molecule has 1 unspecified atom stereocenters. The predicted octanol–water partition coefficient (Wildman–Crippen LogP) is 2.62. The third-order valence-electron chi connectivity index (χ3n) is 2.98. The summed E-state index contributed by atoms with van der Waals surface area (Å²) in [5.74, 6) is -1.08. The largest absolute Gasteiger partial charge is 0.494 e. The van der Waals surface area contributed by atoms with Crippen molar-refractivity contribution in [3.63, 3.8) is 0 Å². The van der Waals surface area contributed by atoms with Crippen molar-refractivity contribution in [3.05, 3.63) is 59.4 Å². The van der Waals surface area contributed by atoms with Crippen molar-refractivity contribution in [1.29, 1.82) is 0 Å². The SMILES string of the molecule is COc1ccc(C(C)(O)c2cncc(F)c2)cc1F.